The molecule has 1 atom stereocenters. The van der Waals surface area contributed by atoms with Crippen LogP contribution in [0.3, 0.4) is 0 Å². The van der Waals surface area contributed by atoms with Crippen molar-refractivity contribution in [3.8, 4) is 0 Å². The lowest BCUT2D eigenvalue weighted by atomic mass is 9.88. The van der Waals surface area contributed by atoms with Crippen molar-refractivity contribution in [3.05, 3.63) is 47.0 Å². The minimum absolute atomic E-state index is 0.0112. The van der Waals surface area contributed by atoms with Gasteiger partial charge in [-0.05, 0) is 41.6 Å². The lowest BCUT2D eigenvalue weighted by Crippen LogP contribution is -2.29. The van der Waals surface area contributed by atoms with E-state index in [0.29, 0.717) is 0 Å². The molecule has 0 saturated heterocycles. The first-order chi connectivity index (χ1) is 8.30. The Bertz CT molecular complexity index is 415. The van der Waals surface area contributed by atoms with Crippen LogP contribution >= 0.6 is 0 Å². The fraction of sp³-hybridized carbons (Fsp3) is 0.429. The molecule has 0 aromatic heterocycles. The first-order valence-corrected chi connectivity index (χ1v) is 6.00. The van der Waals surface area contributed by atoms with Crippen LogP contribution in [0.15, 0.2) is 24.8 Å². The van der Waals surface area contributed by atoms with Gasteiger partial charge in [0.2, 0.25) is 0 Å². The summed E-state index contributed by atoms with van der Waals surface area (Å²) in [4.78, 5) is 0. The molecule has 3 N–H and O–H groups in total. The number of fused-ring (bicyclic) bond motifs is 1. The predicted octanol–water partition coefficient (Wildman–Crippen LogP) is 1.43. The molecule has 0 unspecified atom stereocenters. The molecule has 0 fully saturated rings. The monoisotopic (exact) mass is 233 g/mol. The van der Waals surface area contributed by atoms with Gasteiger partial charge in [-0.3, -0.25) is 0 Å². The summed E-state index contributed by atoms with van der Waals surface area (Å²) in [5.74, 6) is 0. The van der Waals surface area contributed by atoms with Crippen molar-refractivity contribution < 1.29 is 10.2 Å². The van der Waals surface area contributed by atoms with Gasteiger partial charge in [-0.2, -0.15) is 0 Å². The van der Waals surface area contributed by atoms with Crippen LogP contribution in [-0.2, 0) is 19.6 Å². The van der Waals surface area contributed by atoms with Crippen LogP contribution in [0, 0.1) is 0 Å². The second-order valence-electron chi connectivity index (χ2n) is 4.42. The summed E-state index contributed by atoms with van der Waals surface area (Å²) in [6.45, 7) is 4.69. The maximum Gasteiger partial charge on any atom is 0.0685 e. The Kier molecular flexibility index (Phi) is 3.94. The van der Waals surface area contributed by atoms with Gasteiger partial charge >= 0.3 is 0 Å². The quantitative estimate of drug-likeness (QED) is 0.690. The highest BCUT2D eigenvalue weighted by atomic mass is 16.3. The molecule has 1 aromatic rings. The third kappa shape index (κ3) is 2.41. The normalized spacial score (nSPS) is 18.8. The number of hydrogen-bond acceptors (Lipinski definition) is 3. The zero-order valence-corrected chi connectivity index (χ0v) is 9.95. The molecule has 1 aromatic carbocycles. The van der Waals surface area contributed by atoms with E-state index in [1.165, 1.54) is 11.1 Å². The standard InChI is InChI=1S/C14H19NO2/c1-2-3-14-13-7-12(9-17)11(8-16)6-10(13)4-5-15-14/h2,6-7,14-17H,1,3-5,8-9H2/t14-/m1/s1. The zero-order valence-electron chi connectivity index (χ0n) is 9.95. The SMILES string of the molecule is C=CC[C@H]1NCCc2cc(CO)c(CO)cc21. The van der Waals surface area contributed by atoms with Crippen molar-refractivity contribution in [2.24, 2.45) is 0 Å². The van der Waals surface area contributed by atoms with Crippen LogP contribution in [0.2, 0.25) is 0 Å². The number of aliphatic hydroxyl groups is 2. The van der Waals surface area contributed by atoms with Crippen LogP contribution in [0.25, 0.3) is 0 Å². The number of nitrogens with one attached hydrogen (secondary N) is 1. The summed E-state index contributed by atoms with van der Waals surface area (Å²) in [5, 5.41) is 22.0. The summed E-state index contributed by atoms with van der Waals surface area (Å²) < 4.78 is 0. The van der Waals surface area contributed by atoms with Crippen molar-refractivity contribution in [3.63, 3.8) is 0 Å². The van der Waals surface area contributed by atoms with E-state index in [4.69, 9.17) is 0 Å². The summed E-state index contributed by atoms with van der Waals surface area (Å²) in [6, 6.07) is 4.33. The van der Waals surface area contributed by atoms with Gasteiger partial charge in [0.1, 0.15) is 0 Å². The van der Waals surface area contributed by atoms with Crippen molar-refractivity contribution in [2.75, 3.05) is 6.54 Å². The molecule has 0 saturated carbocycles. The second-order valence-corrected chi connectivity index (χ2v) is 4.42. The van der Waals surface area contributed by atoms with Crippen molar-refractivity contribution in [2.45, 2.75) is 32.1 Å². The number of benzene rings is 1. The van der Waals surface area contributed by atoms with Crippen LogP contribution in [-0.4, -0.2) is 16.8 Å². The minimum Gasteiger partial charge on any atom is -0.392 e. The fourth-order valence-corrected chi connectivity index (χ4v) is 2.46. The van der Waals surface area contributed by atoms with E-state index < -0.39 is 0 Å². The molecule has 0 spiro atoms. The molecule has 17 heavy (non-hydrogen) atoms. The van der Waals surface area contributed by atoms with Crippen molar-refractivity contribution in [1.29, 1.82) is 0 Å². The predicted molar refractivity (Wildman–Crippen MR) is 67.5 cm³/mol. The number of aliphatic hydroxyl groups excluding tert-OH is 2. The smallest absolute Gasteiger partial charge is 0.0685 e. The molecular weight excluding hydrogens is 214 g/mol. The van der Waals surface area contributed by atoms with Gasteiger partial charge in [-0.25, -0.2) is 0 Å². The Morgan fingerprint density at radius 3 is 2.65 bits per heavy atom. The van der Waals surface area contributed by atoms with Crippen LogP contribution < -0.4 is 5.32 Å². The Labute approximate surface area is 102 Å². The average Bonchev–Trinajstić information content (AvgIpc) is 2.38. The first kappa shape index (κ1) is 12.3. The van der Waals surface area contributed by atoms with Crippen LogP contribution in [0.5, 0.6) is 0 Å². The maximum atomic E-state index is 9.32. The molecule has 0 amide bonds. The van der Waals surface area contributed by atoms with E-state index in [1.807, 2.05) is 18.2 Å². The van der Waals surface area contributed by atoms with Gasteiger partial charge in [-0.15, -0.1) is 6.58 Å². The van der Waals surface area contributed by atoms with Crippen molar-refractivity contribution >= 4 is 0 Å². The Hall–Kier alpha value is -1.16. The van der Waals surface area contributed by atoms with Gasteiger partial charge in [0.25, 0.3) is 0 Å². The van der Waals surface area contributed by atoms with E-state index in [1.54, 1.807) is 0 Å². The minimum atomic E-state index is -0.0238. The molecule has 92 valence electrons. The van der Waals surface area contributed by atoms with Gasteiger partial charge in [-0.1, -0.05) is 18.2 Å². The summed E-state index contributed by atoms with van der Waals surface area (Å²) in [7, 11) is 0. The molecule has 1 heterocycles. The summed E-state index contributed by atoms with van der Waals surface area (Å²) in [6.07, 6.45) is 3.77. The van der Waals surface area contributed by atoms with Crippen LogP contribution in [0.1, 0.15) is 34.7 Å². The molecule has 0 aliphatic carbocycles. The summed E-state index contributed by atoms with van der Waals surface area (Å²) >= 11 is 0. The average molecular weight is 233 g/mol. The fourth-order valence-electron chi connectivity index (χ4n) is 2.46. The van der Waals surface area contributed by atoms with Gasteiger partial charge in [0.05, 0.1) is 13.2 Å². The number of hydrogen-bond donors (Lipinski definition) is 3. The molecule has 3 nitrogen and oxygen atoms in total. The number of rotatable bonds is 4. The third-order valence-electron chi connectivity index (χ3n) is 3.36. The molecule has 2 rings (SSSR count). The highest BCUT2D eigenvalue weighted by Crippen LogP contribution is 2.28. The molecule has 1 aliphatic rings. The highest BCUT2D eigenvalue weighted by molar-refractivity contribution is 5.41. The second kappa shape index (κ2) is 5.45. The molecule has 0 radical (unpaired) electrons. The largest absolute Gasteiger partial charge is 0.392 e. The molecular formula is C14H19NO2. The van der Waals surface area contributed by atoms with Gasteiger partial charge in [0, 0.05) is 6.04 Å². The van der Waals surface area contributed by atoms with E-state index >= 15 is 0 Å². The van der Waals surface area contributed by atoms with Crippen LogP contribution in [0.4, 0.5) is 0 Å². The molecule has 1 aliphatic heterocycles. The summed E-state index contributed by atoms with van der Waals surface area (Å²) in [5.41, 5.74) is 4.17. The van der Waals surface area contributed by atoms with E-state index in [9.17, 15) is 10.2 Å². The van der Waals surface area contributed by atoms with E-state index in [-0.39, 0.29) is 19.3 Å². The maximum absolute atomic E-state index is 9.32. The van der Waals surface area contributed by atoms with E-state index in [2.05, 4.69) is 11.9 Å². The highest BCUT2D eigenvalue weighted by Gasteiger charge is 2.20. The Morgan fingerprint density at radius 2 is 2.00 bits per heavy atom. The van der Waals surface area contributed by atoms with Crippen molar-refractivity contribution in [1.82, 2.24) is 5.32 Å². The topological polar surface area (TPSA) is 52.5 Å². The third-order valence-corrected chi connectivity index (χ3v) is 3.36. The Morgan fingerprint density at radius 1 is 1.29 bits per heavy atom. The van der Waals surface area contributed by atoms with E-state index in [0.717, 1.165) is 30.5 Å². The van der Waals surface area contributed by atoms with Gasteiger partial charge < -0.3 is 15.5 Å². The lowest BCUT2D eigenvalue weighted by molar-refractivity contribution is 0.259. The first-order valence-electron chi connectivity index (χ1n) is 6.00. The lowest BCUT2D eigenvalue weighted by Gasteiger charge is -2.27. The zero-order chi connectivity index (χ0) is 12.3. The molecule has 3 heteroatoms. The Balaban J connectivity index is 2.43. The van der Waals surface area contributed by atoms with Gasteiger partial charge in [0.15, 0.2) is 0 Å². The molecule has 0 bridgehead atoms.